The number of hydrogen-bond donors (Lipinski definition) is 3. The summed E-state index contributed by atoms with van der Waals surface area (Å²) in [6, 6.07) is 0. The first-order valence-electron chi connectivity index (χ1n) is 13.6. The van der Waals surface area contributed by atoms with Gasteiger partial charge in [-0.25, -0.2) is 0 Å². The highest BCUT2D eigenvalue weighted by Gasteiger charge is 2.56. The van der Waals surface area contributed by atoms with Crippen LogP contribution in [-0.4, -0.2) is 63.8 Å². The molecule has 204 valence electrons. The number of allylic oxidation sites excluding steroid dienone is 3. The summed E-state index contributed by atoms with van der Waals surface area (Å²) >= 11 is 0. The number of likely N-dealkylation sites (tertiary alicyclic amines) is 1. The van der Waals surface area contributed by atoms with Gasteiger partial charge in [0.15, 0.2) is 5.60 Å². The molecule has 7 heteroatoms. The molecule has 4 rings (SSSR count). The van der Waals surface area contributed by atoms with E-state index in [-0.39, 0.29) is 36.8 Å². The second-order valence-electron chi connectivity index (χ2n) is 12.9. The molecule has 4 fully saturated rings. The van der Waals surface area contributed by atoms with Crippen molar-refractivity contribution in [2.24, 2.45) is 22.7 Å². The zero-order valence-corrected chi connectivity index (χ0v) is 22.1. The Labute approximate surface area is 214 Å². The predicted octanol–water partition coefficient (Wildman–Crippen LogP) is 5.54. The molecular weight excluding hydrogens is 467 g/mol. The number of aliphatic hydroxyl groups is 3. The minimum atomic E-state index is -4.57. The number of fused-ring (bicyclic) bond motifs is 1. The normalized spacial score (nSPS) is 38.5. The van der Waals surface area contributed by atoms with Crippen LogP contribution in [0.3, 0.4) is 0 Å². The highest BCUT2D eigenvalue weighted by atomic mass is 19.4. The van der Waals surface area contributed by atoms with E-state index in [0.29, 0.717) is 30.3 Å². The van der Waals surface area contributed by atoms with Crippen molar-refractivity contribution >= 4 is 0 Å². The fourth-order valence-electron chi connectivity index (χ4n) is 8.04. The molecule has 0 radical (unpaired) electrons. The van der Waals surface area contributed by atoms with Crippen LogP contribution < -0.4 is 0 Å². The van der Waals surface area contributed by atoms with Crippen molar-refractivity contribution in [1.82, 2.24) is 4.90 Å². The molecule has 1 saturated heterocycles. The summed E-state index contributed by atoms with van der Waals surface area (Å²) in [5.41, 5.74) is 0.608. The highest BCUT2D eigenvalue weighted by molar-refractivity contribution is 5.38. The fraction of sp³-hybridized carbons (Fsp3) is 0.793. The molecule has 5 atom stereocenters. The van der Waals surface area contributed by atoms with Gasteiger partial charge in [-0.3, -0.25) is 0 Å². The number of aliphatic hydroxyl groups excluding tert-OH is 2. The SMILES string of the molecule is C=C1/C(=C\C=C2/CCC[C@]3(C)[C@@H](C(C)(C)CN4CCC(O)(C(F)(F)F)CC4)CC[C@@H]23)CC(O)C[C@@H]1O. The third-order valence-corrected chi connectivity index (χ3v) is 10.0. The second-order valence-corrected chi connectivity index (χ2v) is 12.9. The molecule has 36 heavy (non-hydrogen) atoms. The van der Waals surface area contributed by atoms with E-state index in [1.165, 1.54) is 5.57 Å². The summed E-state index contributed by atoms with van der Waals surface area (Å²) in [7, 11) is 0. The molecule has 3 N–H and O–H groups in total. The van der Waals surface area contributed by atoms with Crippen molar-refractivity contribution in [3.05, 3.63) is 35.5 Å². The van der Waals surface area contributed by atoms with Gasteiger partial charge in [0.25, 0.3) is 0 Å². The third kappa shape index (κ3) is 5.23. The Morgan fingerprint density at radius 2 is 1.75 bits per heavy atom. The molecule has 1 unspecified atom stereocenters. The maximum absolute atomic E-state index is 13.2. The van der Waals surface area contributed by atoms with E-state index < -0.39 is 24.0 Å². The first-order valence-corrected chi connectivity index (χ1v) is 13.6. The molecule has 1 aliphatic heterocycles. The summed E-state index contributed by atoms with van der Waals surface area (Å²) in [5, 5.41) is 30.3. The van der Waals surface area contributed by atoms with Gasteiger partial charge < -0.3 is 20.2 Å². The van der Waals surface area contributed by atoms with Gasteiger partial charge in [-0.1, -0.05) is 45.1 Å². The monoisotopic (exact) mass is 511 g/mol. The van der Waals surface area contributed by atoms with Crippen molar-refractivity contribution in [3.8, 4) is 0 Å². The first-order chi connectivity index (χ1) is 16.7. The van der Waals surface area contributed by atoms with Gasteiger partial charge in [-0.2, -0.15) is 13.2 Å². The van der Waals surface area contributed by atoms with Crippen LogP contribution in [0.4, 0.5) is 13.2 Å². The summed E-state index contributed by atoms with van der Waals surface area (Å²) in [6.07, 6.45) is 4.37. The number of hydrogen-bond acceptors (Lipinski definition) is 4. The Kier molecular flexibility index (Phi) is 7.64. The molecule has 3 aliphatic carbocycles. The molecule has 0 amide bonds. The quantitative estimate of drug-likeness (QED) is 0.464. The lowest BCUT2D eigenvalue weighted by molar-refractivity contribution is -0.273. The van der Waals surface area contributed by atoms with Crippen LogP contribution in [0, 0.1) is 22.7 Å². The van der Waals surface area contributed by atoms with E-state index in [1.807, 2.05) is 0 Å². The standard InChI is InChI=1S/C29H44F3NO3/c1-19-21(16-22(34)17-24(19)35)8-7-20-6-5-11-27(4)23(20)9-10-25(27)26(2,3)18-33-14-12-28(36,13-15-33)29(30,31)32/h7-8,22-25,34-36H,1,5-6,9-18H2,2-4H3/b20-7+,21-8-/t22?,23-,24-,25+,27-/m0/s1. The minimum absolute atomic E-state index is 0.0516. The minimum Gasteiger partial charge on any atom is -0.393 e. The van der Waals surface area contributed by atoms with Gasteiger partial charge >= 0.3 is 6.18 Å². The molecule has 4 aliphatic rings. The van der Waals surface area contributed by atoms with Crippen molar-refractivity contribution in [3.63, 3.8) is 0 Å². The molecular formula is C29H44F3NO3. The van der Waals surface area contributed by atoms with Gasteiger partial charge in [0.2, 0.25) is 0 Å². The number of nitrogens with zero attached hydrogens (tertiary/aromatic N) is 1. The lowest BCUT2D eigenvalue weighted by Gasteiger charge is -2.50. The molecule has 0 bridgehead atoms. The van der Waals surface area contributed by atoms with Crippen molar-refractivity contribution in [2.45, 2.75) is 103 Å². The zero-order chi connectivity index (χ0) is 26.5. The van der Waals surface area contributed by atoms with Gasteiger partial charge in [0, 0.05) is 26.1 Å². The van der Waals surface area contributed by atoms with Crippen molar-refractivity contribution in [1.29, 1.82) is 0 Å². The largest absolute Gasteiger partial charge is 0.417 e. The molecule has 0 aromatic carbocycles. The van der Waals surface area contributed by atoms with Gasteiger partial charge in [-0.15, -0.1) is 0 Å². The number of alkyl halides is 3. The van der Waals surface area contributed by atoms with Crippen LogP contribution in [0.5, 0.6) is 0 Å². The lowest BCUT2D eigenvalue weighted by atomic mass is 9.57. The maximum atomic E-state index is 13.2. The molecule has 1 heterocycles. The zero-order valence-electron chi connectivity index (χ0n) is 22.1. The summed E-state index contributed by atoms with van der Waals surface area (Å²) in [4.78, 5) is 2.12. The van der Waals surface area contributed by atoms with Crippen LogP contribution in [0.15, 0.2) is 35.5 Å². The Hall–Kier alpha value is -1.15. The van der Waals surface area contributed by atoms with E-state index in [4.69, 9.17) is 0 Å². The van der Waals surface area contributed by atoms with Crippen molar-refractivity contribution in [2.75, 3.05) is 19.6 Å². The molecule has 0 aromatic heterocycles. The second kappa shape index (κ2) is 9.87. The molecule has 0 aromatic rings. The topological polar surface area (TPSA) is 63.9 Å². The molecule has 4 nitrogen and oxygen atoms in total. The van der Waals surface area contributed by atoms with Crippen LogP contribution in [0.25, 0.3) is 0 Å². The summed E-state index contributed by atoms with van der Waals surface area (Å²) < 4.78 is 39.7. The van der Waals surface area contributed by atoms with E-state index in [0.717, 1.165) is 44.2 Å². The Bertz CT molecular complexity index is 900. The van der Waals surface area contributed by atoms with E-state index in [9.17, 15) is 28.5 Å². The van der Waals surface area contributed by atoms with Crippen LogP contribution in [0.2, 0.25) is 0 Å². The van der Waals surface area contributed by atoms with Crippen LogP contribution in [-0.2, 0) is 0 Å². The smallest absolute Gasteiger partial charge is 0.393 e. The molecule has 3 saturated carbocycles. The predicted molar refractivity (Wildman–Crippen MR) is 135 cm³/mol. The van der Waals surface area contributed by atoms with E-state index in [1.54, 1.807) is 0 Å². The number of piperidine rings is 1. The lowest BCUT2D eigenvalue weighted by Crippen LogP contribution is -2.55. The third-order valence-electron chi connectivity index (χ3n) is 10.0. The van der Waals surface area contributed by atoms with Gasteiger partial charge in [0.05, 0.1) is 12.2 Å². The number of halogens is 3. The number of rotatable bonds is 4. The summed E-state index contributed by atoms with van der Waals surface area (Å²) in [5.74, 6) is 0.929. The average Bonchev–Trinajstić information content (AvgIpc) is 3.14. The van der Waals surface area contributed by atoms with E-state index >= 15 is 0 Å². The summed E-state index contributed by atoms with van der Waals surface area (Å²) in [6.45, 7) is 12.3. The Morgan fingerprint density at radius 1 is 1.08 bits per heavy atom. The highest BCUT2D eigenvalue weighted by Crippen LogP contribution is 2.62. The Morgan fingerprint density at radius 3 is 2.39 bits per heavy atom. The van der Waals surface area contributed by atoms with Gasteiger partial charge in [0.1, 0.15) is 0 Å². The molecule has 0 spiro atoms. The first kappa shape index (κ1) is 27.9. The Balaban J connectivity index is 1.46. The maximum Gasteiger partial charge on any atom is 0.417 e. The van der Waals surface area contributed by atoms with Crippen LogP contribution >= 0.6 is 0 Å². The fourth-order valence-corrected chi connectivity index (χ4v) is 8.04. The van der Waals surface area contributed by atoms with E-state index in [2.05, 4.69) is 44.4 Å². The van der Waals surface area contributed by atoms with Gasteiger partial charge in [-0.05, 0) is 85.2 Å². The average molecular weight is 512 g/mol. The van der Waals surface area contributed by atoms with Crippen LogP contribution in [0.1, 0.15) is 78.6 Å². The van der Waals surface area contributed by atoms with Crippen molar-refractivity contribution < 1.29 is 28.5 Å².